The fraction of sp³-hybridized carbons (Fsp3) is 1.00. The number of hydrogen-bond donors (Lipinski definition) is 1. The van der Waals surface area contributed by atoms with Crippen LogP contribution in [0.4, 0.5) is 0 Å². The van der Waals surface area contributed by atoms with E-state index in [4.69, 9.17) is 4.74 Å². The zero-order chi connectivity index (χ0) is 11.7. The van der Waals surface area contributed by atoms with Crippen LogP contribution >= 0.6 is 0 Å². The summed E-state index contributed by atoms with van der Waals surface area (Å²) in [5.41, 5.74) is 0. The summed E-state index contributed by atoms with van der Waals surface area (Å²) in [5, 5.41) is 3.65. The molecule has 1 aliphatic carbocycles. The molecule has 0 aromatic heterocycles. The molecular weight excluding hydrogens is 212 g/mol. The Bertz CT molecular complexity index is 259. The zero-order valence-corrected chi connectivity index (χ0v) is 11.0. The van der Waals surface area contributed by atoms with E-state index in [1.807, 2.05) is 0 Å². The van der Waals surface area contributed by atoms with Gasteiger partial charge in [0.25, 0.3) is 0 Å². The molecule has 0 spiro atoms. The molecule has 3 heteroatoms. The van der Waals surface area contributed by atoms with Crippen molar-refractivity contribution in [2.24, 2.45) is 11.8 Å². The first-order valence-corrected chi connectivity index (χ1v) is 7.42. The third-order valence-corrected chi connectivity index (χ3v) is 4.85. The fourth-order valence-corrected chi connectivity index (χ4v) is 3.89. The van der Waals surface area contributed by atoms with E-state index in [1.165, 1.54) is 38.8 Å². The number of nitrogens with zero attached hydrogens (tertiary/aromatic N) is 1. The van der Waals surface area contributed by atoms with Crippen LogP contribution in [0.15, 0.2) is 0 Å². The van der Waals surface area contributed by atoms with Crippen molar-refractivity contribution in [1.82, 2.24) is 10.2 Å². The minimum atomic E-state index is 0.606. The van der Waals surface area contributed by atoms with Crippen molar-refractivity contribution < 1.29 is 4.74 Å². The zero-order valence-electron chi connectivity index (χ0n) is 11.0. The predicted octanol–water partition coefficient (Wildman–Crippen LogP) is 1.49. The highest BCUT2D eigenvalue weighted by atomic mass is 16.5. The van der Waals surface area contributed by atoms with Gasteiger partial charge in [-0.2, -0.15) is 0 Å². The molecule has 4 unspecified atom stereocenters. The molecule has 3 aliphatic rings. The third kappa shape index (κ3) is 2.51. The number of rotatable bonds is 5. The first kappa shape index (κ1) is 11.9. The molecule has 1 N–H and O–H groups in total. The van der Waals surface area contributed by atoms with Crippen LogP contribution in [0.1, 0.15) is 32.6 Å². The summed E-state index contributed by atoms with van der Waals surface area (Å²) in [6.45, 7) is 7.89. The van der Waals surface area contributed by atoms with Gasteiger partial charge in [0.1, 0.15) is 0 Å². The third-order valence-electron chi connectivity index (χ3n) is 4.85. The molecule has 0 aromatic carbocycles. The molecule has 17 heavy (non-hydrogen) atoms. The number of likely N-dealkylation sites (tertiary alicyclic amines) is 1. The highest BCUT2D eigenvalue weighted by Gasteiger charge is 2.40. The first-order valence-electron chi connectivity index (χ1n) is 7.42. The van der Waals surface area contributed by atoms with Crippen LogP contribution in [0.2, 0.25) is 0 Å². The van der Waals surface area contributed by atoms with Crippen molar-refractivity contribution in [2.75, 3.05) is 32.8 Å². The van der Waals surface area contributed by atoms with Crippen LogP contribution in [0.3, 0.4) is 0 Å². The summed E-state index contributed by atoms with van der Waals surface area (Å²) in [6, 6.07) is 1.52. The van der Waals surface area contributed by atoms with E-state index >= 15 is 0 Å². The lowest BCUT2D eigenvalue weighted by Crippen LogP contribution is -2.44. The van der Waals surface area contributed by atoms with Gasteiger partial charge in [-0.3, -0.25) is 4.90 Å². The molecule has 98 valence electrons. The summed E-state index contributed by atoms with van der Waals surface area (Å²) in [4.78, 5) is 2.74. The average Bonchev–Trinajstić information content (AvgIpc) is 3.02. The molecule has 2 aliphatic heterocycles. The minimum absolute atomic E-state index is 0.606. The molecule has 0 aromatic rings. The Kier molecular flexibility index (Phi) is 3.69. The largest absolute Gasteiger partial charge is 0.379 e. The van der Waals surface area contributed by atoms with Crippen molar-refractivity contribution in [3.63, 3.8) is 0 Å². The Balaban J connectivity index is 1.50. The Labute approximate surface area is 105 Å². The maximum atomic E-state index is 5.67. The number of fused-ring (bicyclic) bond motifs is 2. The number of nitrogens with one attached hydrogen (secondary N) is 1. The SMILES string of the molecule is CCCNC1COCC1CN1CC2CCC1C2. The monoisotopic (exact) mass is 238 g/mol. The van der Waals surface area contributed by atoms with Crippen LogP contribution < -0.4 is 5.32 Å². The van der Waals surface area contributed by atoms with E-state index in [0.717, 1.165) is 37.6 Å². The van der Waals surface area contributed by atoms with Crippen LogP contribution in [0, 0.1) is 11.8 Å². The van der Waals surface area contributed by atoms with E-state index in [2.05, 4.69) is 17.1 Å². The quantitative estimate of drug-likeness (QED) is 0.785. The smallest absolute Gasteiger partial charge is 0.0623 e. The Morgan fingerprint density at radius 2 is 2.24 bits per heavy atom. The van der Waals surface area contributed by atoms with Crippen molar-refractivity contribution in [3.8, 4) is 0 Å². The van der Waals surface area contributed by atoms with Gasteiger partial charge >= 0.3 is 0 Å². The van der Waals surface area contributed by atoms with Crippen molar-refractivity contribution >= 4 is 0 Å². The molecule has 1 saturated carbocycles. The van der Waals surface area contributed by atoms with Crippen molar-refractivity contribution in [3.05, 3.63) is 0 Å². The lowest BCUT2D eigenvalue weighted by atomic mass is 10.0. The van der Waals surface area contributed by atoms with Crippen LogP contribution in [-0.4, -0.2) is 49.8 Å². The summed E-state index contributed by atoms with van der Waals surface area (Å²) >= 11 is 0. The summed E-state index contributed by atoms with van der Waals surface area (Å²) < 4.78 is 5.67. The second-order valence-electron chi connectivity index (χ2n) is 6.14. The van der Waals surface area contributed by atoms with Gasteiger partial charge < -0.3 is 10.1 Å². The standard InChI is InChI=1S/C14H26N2O/c1-2-5-15-14-10-17-9-12(14)8-16-7-11-3-4-13(16)6-11/h11-15H,2-10H2,1H3. The second kappa shape index (κ2) is 5.25. The number of hydrogen-bond acceptors (Lipinski definition) is 3. The maximum Gasteiger partial charge on any atom is 0.0623 e. The fourth-order valence-electron chi connectivity index (χ4n) is 3.89. The van der Waals surface area contributed by atoms with Gasteiger partial charge in [-0.1, -0.05) is 6.92 Å². The molecule has 2 saturated heterocycles. The molecule has 0 radical (unpaired) electrons. The predicted molar refractivity (Wildman–Crippen MR) is 69.1 cm³/mol. The van der Waals surface area contributed by atoms with E-state index in [0.29, 0.717) is 6.04 Å². The van der Waals surface area contributed by atoms with E-state index in [-0.39, 0.29) is 0 Å². The molecule has 4 atom stereocenters. The van der Waals surface area contributed by atoms with Crippen molar-refractivity contribution in [2.45, 2.75) is 44.7 Å². The summed E-state index contributed by atoms with van der Waals surface area (Å²) in [5.74, 6) is 1.74. The van der Waals surface area contributed by atoms with Crippen LogP contribution in [-0.2, 0) is 4.74 Å². The van der Waals surface area contributed by atoms with E-state index in [1.54, 1.807) is 0 Å². The number of piperidine rings is 1. The molecule has 3 nitrogen and oxygen atoms in total. The second-order valence-corrected chi connectivity index (χ2v) is 6.14. The van der Waals surface area contributed by atoms with Gasteiger partial charge in [0.15, 0.2) is 0 Å². The highest BCUT2D eigenvalue weighted by molar-refractivity contribution is 4.94. The van der Waals surface area contributed by atoms with Crippen LogP contribution in [0.5, 0.6) is 0 Å². The molecule has 2 heterocycles. The van der Waals surface area contributed by atoms with E-state index in [9.17, 15) is 0 Å². The highest BCUT2D eigenvalue weighted by Crippen LogP contribution is 2.38. The summed E-state index contributed by atoms with van der Waals surface area (Å²) in [7, 11) is 0. The van der Waals surface area contributed by atoms with Gasteiger partial charge in [0.05, 0.1) is 13.2 Å². The van der Waals surface area contributed by atoms with Crippen LogP contribution in [0.25, 0.3) is 0 Å². The number of ether oxygens (including phenoxy) is 1. The molecule has 3 fully saturated rings. The normalized spacial score (nSPS) is 41.5. The minimum Gasteiger partial charge on any atom is -0.379 e. The van der Waals surface area contributed by atoms with Gasteiger partial charge in [-0.05, 0) is 38.1 Å². The molecule has 3 rings (SSSR count). The Hall–Kier alpha value is -0.120. The molecular formula is C14H26N2O. The average molecular weight is 238 g/mol. The lowest BCUT2D eigenvalue weighted by molar-refractivity contribution is 0.150. The lowest BCUT2D eigenvalue weighted by Gasteiger charge is -2.31. The summed E-state index contributed by atoms with van der Waals surface area (Å²) in [6.07, 6.45) is 5.63. The Morgan fingerprint density at radius 1 is 1.29 bits per heavy atom. The van der Waals surface area contributed by atoms with Crippen molar-refractivity contribution in [1.29, 1.82) is 0 Å². The topological polar surface area (TPSA) is 24.5 Å². The van der Waals surface area contributed by atoms with Gasteiger partial charge in [0.2, 0.25) is 0 Å². The molecule has 2 bridgehead atoms. The maximum absolute atomic E-state index is 5.67. The molecule has 0 amide bonds. The van der Waals surface area contributed by atoms with E-state index < -0.39 is 0 Å². The first-order chi connectivity index (χ1) is 8.36. The van der Waals surface area contributed by atoms with Gasteiger partial charge in [-0.25, -0.2) is 0 Å². The Morgan fingerprint density at radius 3 is 2.94 bits per heavy atom. The van der Waals surface area contributed by atoms with Gasteiger partial charge in [-0.15, -0.1) is 0 Å². The van der Waals surface area contributed by atoms with Gasteiger partial charge in [0, 0.05) is 31.1 Å².